The van der Waals surface area contributed by atoms with Gasteiger partial charge in [0.1, 0.15) is 6.61 Å². The van der Waals surface area contributed by atoms with Crippen LogP contribution in [-0.2, 0) is 25.7 Å². The number of nitrogens with one attached hydrogen (secondary N) is 1. The fraction of sp³-hybridized carbons (Fsp3) is 0.500. The van der Waals surface area contributed by atoms with Crippen LogP contribution in [0.2, 0.25) is 5.02 Å². The lowest BCUT2D eigenvalue weighted by molar-refractivity contribution is -0.153. The maximum absolute atomic E-state index is 12.6. The van der Waals surface area contributed by atoms with Gasteiger partial charge in [-0.25, -0.2) is 0 Å². The molecule has 6 nitrogen and oxygen atoms in total. The highest BCUT2D eigenvalue weighted by atomic mass is 35.5. The summed E-state index contributed by atoms with van der Waals surface area (Å²) < 4.78 is 5.51. The molecule has 2 aliphatic rings. The van der Waals surface area contributed by atoms with Gasteiger partial charge < -0.3 is 15.0 Å². The number of carbonyl (C=O) groups excluding carboxylic acids is 3. The predicted molar refractivity (Wildman–Crippen MR) is 110 cm³/mol. The Morgan fingerprint density at radius 3 is 2.79 bits per heavy atom. The van der Waals surface area contributed by atoms with Crippen LogP contribution in [0.5, 0.6) is 0 Å². The summed E-state index contributed by atoms with van der Waals surface area (Å²) in [6, 6.07) is 7.20. The maximum Gasteiger partial charge on any atom is 0.309 e. The van der Waals surface area contributed by atoms with Crippen LogP contribution in [0.4, 0.5) is 0 Å². The zero-order chi connectivity index (χ0) is 20.6. The Labute approximate surface area is 176 Å². The first-order valence-electron chi connectivity index (χ1n) is 10.1. The average Bonchev–Trinajstić information content (AvgIpc) is 3.18. The Morgan fingerprint density at radius 2 is 2.00 bits per heavy atom. The molecule has 0 spiro atoms. The highest BCUT2D eigenvalue weighted by Crippen LogP contribution is 2.21. The fourth-order valence-electron chi connectivity index (χ4n) is 3.72. The number of halogens is 1. The third kappa shape index (κ3) is 6.32. The number of nitrogens with zero attached hydrogens (tertiary/aromatic N) is 1. The highest BCUT2D eigenvalue weighted by Gasteiger charge is 2.31. The lowest BCUT2D eigenvalue weighted by Gasteiger charge is -2.25. The standard InChI is InChI=1S/C22H27ClN2O4/c23-18-10-8-16(9-11-18)14-24-20(26)13-17-5-2-1-3-7-21(27)25-12-4-6-19(25)15-29-22(17)28/h1-2,8-11,17,19H,3-7,12-15H2,(H,24,26)/b2-1+/t17-,19+/m0/s1. The Morgan fingerprint density at radius 1 is 1.21 bits per heavy atom. The van der Waals surface area contributed by atoms with Crippen LogP contribution < -0.4 is 5.32 Å². The van der Waals surface area contributed by atoms with Gasteiger partial charge in [0.15, 0.2) is 0 Å². The zero-order valence-electron chi connectivity index (χ0n) is 16.4. The molecule has 29 heavy (non-hydrogen) atoms. The van der Waals surface area contributed by atoms with Crippen molar-refractivity contribution in [1.82, 2.24) is 10.2 Å². The summed E-state index contributed by atoms with van der Waals surface area (Å²) in [7, 11) is 0. The molecule has 0 unspecified atom stereocenters. The lowest BCUT2D eigenvalue weighted by atomic mass is 10.00. The summed E-state index contributed by atoms with van der Waals surface area (Å²) in [4.78, 5) is 39.1. The van der Waals surface area contributed by atoms with Crippen molar-refractivity contribution < 1.29 is 19.1 Å². The summed E-state index contributed by atoms with van der Waals surface area (Å²) in [6.07, 6.45) is 7.17. The minimum absolute atomic E-state index is 0.0470. The van der Waals surface area contributed by atoms with Gasteiger partial charge in [0, 0.05) is 31.0 Å². The third-order valence-electron chi connectivity index (χ3n) is 5.40. The van der Waals surface area contributed by atoms with E-state index in [-0.39, 0.29) is 36.9 Å². The second kappa shape index (κ2) is 10.4. The van der Waals surface area contributed by atoms with Gasteiger partial charge in [-0.15, -0.1) is 0 Å². The molecule has 3 rings (SSSR count). The van der Waals surface area contributed by atoms with E-state index in [1.54, 1.807) is 12.1 Å². The zero-order valence-corrected chi connectivity index (χ0v) is 17.2. The monoisotopic (exact) mass is 418 g/mol. The summed E-state index contributed by atoms with van der Waals surface area (Å²) in [5.74, 6) is -0.982. The summed E-state index contributed by atoms with van der Waals surface area (Å²) in [5, 5.41) is 3.49. The molecule has 0 aliphatic carbocycles. The van der Waals surface area contributed by atoms with Gasteiger partial charge in [-0.2, -0.15) is 0 Å². The summed E-state index contributed by atoms with van der Waals surface area (Å²) >= 11 is 5.87. The molecular formula is C22H27ClN2O4. The maximum atomic E-state index is 12.6. The van der Waals surface area contributed by atoms with Crippen molar-refractivity contribution in [3.05, 3.63) is 47.0 Å². The first kappa shape index (κ1) is 21.4. The topological polar surface area (TPSA) is 75.7 Å². The second-order valence-electron chi connectivity index (χ2n) is 7.56. The number of rotatable bonds is 4. The molecule has 1 aromatic rings. The number of ether oxygens (including phenoxy) is 1. The Bertz CT molecular complexity index is 763. The number of benzene rings is 1. The van der Waals surface area contributed by atoms with Gasteiger partial charge in [-0.1, -0.05) is 35.9 Å². The molecule has 2 amide bonds. The Hall–Kier alpha value is -2.34. The van der Waals surface area contributed by atoms with Gasteiger partial charge in [0.2, 0.25) is 11.8 Å². The van der Waals surface area contributed by atoms with Gasteiger partial charge in [0.05, 0.1) is 12.0 Å². The van der Waals surface area contributed by atoms with Crippen molar-refractivity contribution >= 4 is 29.4 Å². The molecule has 1 N–H and O–H groups in total. The van der Waals surface area contributed by atoms with Crippen LogP contribution in [0, 0.1) is 5.92 Å². The molecule has 0 saturated carbocycles. The van der Waals surface area contributed by atoms with Crippen LogP contribution in [0.15, 0.2) is 36.4 Å². The van der Waals surface area contributed by atoms with Gasteiger partial charge in [0.25, 0.3) is 0 Å². The molecular weight excluding hydrogens is 392 g/mol. The molecule has 156 valence electrons. The SMILES string of the molecule is O=C(C[C@@H]1C/C=C/CCC(=O)N2CCC[C@@H]2COC1=O)NCc1ccc(Cl)cc1. The number of hydrogen-bond donors (Lipinski definition) is 1. The van der Waals surface area contributed by atoms with Crippen LogP contribution in [0.1, 0.15) is 44.1 Å². The van der Waals surface area contributed by atoms with E-state index in [0.717, 1.165) is 24.9 Å². The fourth-order valence-corrected chi connectivity index (χ4v) is 3.85. The molecule has 0 radical (unpaired) electrons. The van der Waals surface area contributed by atoms with Crippen molar-refractivity contribution in [1.29, 1.82) is 0 Å². The summed E-state index contributed by atoms with van der Waals surface area (Å²) in [5.41, 5.74) is 0.940. The van der Waals surface area contributed by atoms with Crippen LogP contribution in [0.3, 0.4) is 0 Å². The molecule has 0 bridgehead atoms. The first-order chi connectivity index (χ1) is 14.0. The number of amides is 2. The van der Waals surface area contributed by atoms with E-state index < -0.39 is 5.92 Å². The van der Waals surface area contributed by atoms with Crippen molar-refractivity contribution in [3.8, 4) is 0 Å². The van der Waals surface area contributed by atoms with Crippen molar-refractivity contribution in [2.45, 2.75) is 51.1 Å². The molecule has 0 aromatic heterocycles. The van der Waals surface area contributed by atoms with E-state index in [9.17, 15) is 14.4 Å². The van der Waals surface area contributed by atoms with Crippen molar-refractivity contribution in [3.63, 3.8) is 0 Å². The molecule has 2 aliphatic heterocycles. The number of hydrogen-bond acceptors (Lipinski definition) is 4. The quantitative estimate of drug-likeness (QED) is 0.601. The number of fused-ring (bicyclic) bond motifs is 1. The molecule has 1 saturated heterocycles. The van der Waals surface area contributed by atoms with E-state index in [4.69, 9.17) is 16.3 Å². The average molecular weight is 419 g/mol. The van der Waals surface area contributed by atoms with Crippen LogP contribution >= 0.6 is 11.6 Å². The molecule has 2 atom stereocenters. The number of carbonyl (C=O) groups is 3. The number of allylic oxidation sites excluding steroid dienone is 2. The van der Waals surface area contributed by atoms with E-state index in [1.165, 1.54) is 0 Å². The second-order valence-corrected chi connectivity index (χ2v) is 8.00. The predicted octanol–water partition coefficient (Wildman–Crippen LogP) is 3.24. The van der Waals surface area contributed by atoms with Crippen molar-refractivity contribution in [2.75, 3.05) is 13.2 Å². The number of esters is 1. The minimum atomic E-state index is -0.526. The van der Waals surface area contributed by atoms with E-state index in [1.807, 2.05) is 29.2 Å². The van der Waals surface area contributed by atoms with Gasteiger partial charge in [-0.05, 0) is 43.4 Å². The van der Waals surface area contributed by atoms with E-state index >= 15 is 0 Å². The smallest absolute Gasteiger partial charge is 0.309 e. The lowest BCUT2D eigenvalue weighted by Crippen LogP contribution is -2.39. The highest BCUT2D eigenvalue weighted by molar-refractivity contribution is 6.30. The largest absolute Gasteiger partial charge is 0.463 e. The number of cyclic esters (lactones) is 1. The first-order valence-corrected chi connectivity index (χ1v) is 10.5. The van der Waals surface area contributed by atoms with Crippen LogP contribution in [0.25, 0.3) is 0 Å². The Kier molecular flexibility index (Phi) is 7.69. The van der Waals surface area contributed by atoms with E-state index in [0.29, 0.717) is 30.8 Å². The third-order valence-corrected chi connectivity index (χ3v) is 5.65. The van der Waals surface area contributed by atoms with Gasteiger partial charge in [-0.3, -0.25) is 14.4 Å². The molecule has 2 heterocycles. The van der Waals surface area contributed by atoms with Crippen LogP contribution in [-0.4, -0.2) is 41.9 Å². The van der Waals surface area contributed by atoms with Gasteiger partial charge >= 0.3 is 5.97 Å². The Balaban J connectivity index is 1.57. The van der Waals surface area contributed by atoms with Crippen molar-refractivity contribution in [2.24, 2.45) is 5.92 Å². The normalized spacial score (nSPS) is 24.1. The molecule has 1 fully saturated rings. The minimum Gasteiger partial charge on any atom is -0.463 e. The molecule has 7 heteroatoms. The van der Waals surface area contributed by atoms with E-state index in [2.05, 4.69) is 5.32 Å². The summed E-state index contributed by atoms with van der Waals surface area (Å²) in [6.45, 7) is 1.31. The molecule has 1 aromatic carbocycles.